The lowest BCUT2D eigenvalue weighted by Crippen LogP contribution is -2.27. The number of carbonyl (C=O) groups excluding carboxylic acids is 1. The molecule has 0 unspecified atom stereocenters. The minimum atomic E-state index is -0.756. The minimum Gasteiger partial charge on any atom is -0.368 e. The predicted molar refractivity (Wildman–Crippen MR) is 103 cm³/mol. The molecule has 0 radical (unpaired) electrons. The Hall–Kier alpha value is -3.61. The quantitative estimate of drug-likeness (QED) is 0.564. The Morgan fingerprint density at radius 3 is 2.96 bits per heavy atom. The van der Waals surface area contributed by atoms with Gasteiger partial charge in [-0.1, -0.05) is 11.6 Å². The molecule has 9 nitrogen and oxygen atoms in total. The van der Waals surface area contributed by atoms with Gasteiger partial charge in [0.15, 0.2) is 5.56 Å². The van der Waals surface area contributed by atoms with E-state index in [1.165, 1.54) is 10.8 Å². The zero-order valence-electron chi connectivity index (χ0n) is 14.5. The average molecular weight is 397 g/mol. The summed E-state index contributed by atoms with van der Waals surface area (Å²) in [5.41, 5.74) is 4.26. The number of halogens is 1. The fourth-order valence-corrected chi connectivity index (χ4v) is 3.28. The number of aryl methyl sites for hydroxylation is 1. The summed E-state index contributed by atoms with van der Waals surface area (Å²) >= 11 is 5.98. The fraction of sp³-hybridized carbons (Fsp3) is 0.111. The van der Waals surface area contributed by atoms with E-state index in [9.17, 15) is 14.9 Å². The topological polar surface area (TPSA) is 121 Å². The van der Waals surface area contributed by atoms with Crippen LogP contribution in [0, 0.1) is 11.3 Å². The monoisotopic (exact) mass is 396 g/mol. The van der Waals surface area contributed by atoms with Crippen molar-refractivity contribution in [1.29, 1.82) is 5.26 Å². The third-order valence-corrected chi connectivity index (χ3v) is 4.68. The van der Waals surface area contributed by atoms with E-state index < -0.39 is 11.5 Å². The van der Waals surface area contributed by atoms with Gasteiger partial charge in [0.2, 0.25) is 0 Å². The number of carbonyl (C=O) groups is 1. The van der Waals surface area contributed by atoms with Crippen molar-refractivity contribution in [1.82, 2.24) is 15.0 Å². The Bertz CT molecular complexity index is 1230. The van der Waals surface area contributed by atoms with Gasteiger partial charge in [0.1, 0.15) is 16.8 Å². The van der Waals surface area contributed by atoms with Crippen molar-refractivity contribution in [3.8, 4) is 6.07 Å². The van der Waals surface area contributed by atoms with Crippen LogP contribution in [0.25, 0.3) is 10.9 Å². The number of anilines is 3. The number of nitrogens with one attached hydrogen (secondary N) is 3. The number of rotatable bonds is 2. The number of nitriles is 1. The Morgan fingerprint density at radius 1 is 1.36 bits per heavy atom. The molecule has 0 saturated heterocycles. The van der Waals surface area contributed by atoms with Crippen molar-refractivity contribution in [2.75, 3.05) is 17.3 Å². The Kier molecular flexibility index (Phi) is 4.35. The highest BCUT2D eigenvalue weighted by Gasteiger charge is 2.25. The van der Waals surface area contributed by atoms with Crippen LogP contribution in [0.5, 0.6) is 0 Å². The van der Waals surface area contributed by atoms with E-state index in [0.29, 0.717) is 28.0 Å². The zero-order valence-corrected chi connectivity index (χ0v) is 15.3. The minimum absolute atomic E-state index is 0.0816. The van der Waals surface area contributed by atoms with E-state index in [2.05, 4.69) is 21.1 Å². The highest BCUT2D eigenvalue weighted by molar-refractivity contribution is 6.31. The largest absolute Gasteiger partial charge is 0.368 e. The molecule has 0 bridgehead atoms. The van der Waals surface area contributed by atoms with Crippen LogP contribution in [0.4, 0.5) is 17.1 Å². The molecule has 3 aromatic rings. The molecule has 0 spiro atoms. The first-order chi connectivity index (χ1) is 13.5. The van der Waals surface area contributed by atoms with Crippen molar-refractivity contribution in [3.05, 3.63) is 57.1 Å². The summed E-state index contributed by atoms with van der Waals surface area (Å²) < 4.78 is 1.39. The molecule has 0 atom stereocenters. The maximum atomic E-state index is 12.6. The number of nitrogens with zero attached hydrogens (tertiary/aromatic N) is 3. The van der Waals surface area contributed by atoms with Crippen molar-refractivity contribution in [2.24, 2.45) is 7.05 Å². The van der Waals surface area contributed by atoms with Gasteiger partial charge in [-0.15, -0.1) is 5.48 Å². The van der Waals surface area contributed by atoms with Crippen LogP contribution in [0.1, 0.15) is 15.9 Å². The van der Waals surface area contributed by atoms with Gasteiger partial charge >= 0.3 is 5.97 Å². The first-order valence-electron chi connectivity index (χ1n) is 8.17. The smallest absolute Gasteiger partial charge is 0.364 e. The lowest BCUT2D eigenvalue weighted by Gasteiger charge is -2.15. The van der Waals surface area contributed by atoms with Gasteiger partial charge in [0, 0.05) is 24.3 Å². The molecular weight excluding hydrogens is 384 g/mol. The second-order valence-electron chi connectivity index (χ2n) is 5.99. The van der Waals surface area contributed by atoms with Crippen LogP contribution in [-0.4, -0.2) is 22.2 Å². The van der Waals surface area contributed by atoms with Crippen molar-refractivity contribution < 1.29 is 9.63 Å². The van der Waals surface area contributed by atoms with Gasteiger partial charge in [-0.05, 0) is 24.3 Å². The summed E-state index contributed by atoms with van der Waals surface area (Å²) in [5.74, 6) is -0.756. The summed E-state index contributed by atoms with van der Waals surface area (Å²) in [4.78, 5) is 33.6. The van der Waals surface area contributed by atoms with E-state index >= 15 is 0 Å². The number of fused-ring (bicyclic) bond motifs is 3. The molecule has 0 saturated carbocycles. The van der Waals surface area contributed by atoms with Crippen LogP contribution in [0.15, 0.2) is 35.3 Å². The van der Waals surface area contributed by atoms with Crippen LogP contribution in [0.2, 0.25) is 5.15 Å². The van der Waals surface area contributed by atoms with Crippen LogP contribution in [0.3, 0.4) is 0 Å². The standard InChI is InChI=1S/C18H13ClN6O3/c1-25-13-3-2-9(24-12-4-5-21-16(19)11(12)7-20)6-10(13)15-14(17(25)26)18(27)28-23-8-22-15/h2-6,22-23H,8H2,1H3,(H,21,24). The van der Waals surface area contributed by atoms with Gasteiger partial charge in [-0.3, -0.25) is 4.79 Å². The Labute approximate surface area is 163 Å². The van der Waals surface area contributed by atoms with Crippen molar-refractivity contribution >= 4 is 45.5 Å². The van der Waals surface area contributed by atoms with Gasteiger partial charge < -0.3 is 20.0 Å². The molecule has 0 amide bonds. The van der Waals surface area contributed by atoms with Crippen molar-refractivity contribution in [3.63, 3.8) is 0 Å². The van der Waals surface area contributed by atoms with E-state index in [-0.39, 0.29) is 22.9 Å². The summed E-state index contributed by atoms with van der Waals surface area (Å²) in [6.07, 6.45) is 1.49. The lowest BCUT2D eigenvalue weighted by atomic mass is 10.1. The molecule has 3 N–H and O–H groups in total. The number of pyridine rings is 2. The SMILES string of the molecule is Cn1c(=O)c2c(c3cc(Nc4ccnc(Cl)c4C#N)ccc31)NCNOC2=O. The van der Waals surface area contributed by atoms with E-state index in [4.69, 9.17) is 16.4 Å². The molecule has 2 aromatic heterocycles. The number of benzene rings is 1. The van der Waals surface area contributed by atoms with E-state index in [1.807, 2.05) is 6.07 Å². The van der Waals surface area contributed by atoms with Gasteiger partial charge in [-0.25, -0.2) is 9.78 Å². The molecule has 140 valence electrons. The first-order valence-corrected chi connectivity index (χ1v) is 8.55. The molecule has 1 aliphatic heterocycles. The lowest BCUT2D eigenvalue weighted by molar-refractivity contribution is 0.0282. The number of hydroxylamine groups is 1. The molecular formula is C18H13ClN6O3. The zero-order chi connectivity index (χ0) is 19.8. The molecule has 28 heavy (non-hydrogen) atoms. The summed E-state index contributed by atoms with van der Waals surface area (Å²) in [5, 5.41) is 16.2. The summed E-state index contributed by atoms with van der Waals surface area (Å²) in [6.45, 7) is 0.150. The van der Waals surface area contributed by atoms with Crippen molar-refractivity contribution in [2.45, 2.75) is 0 Å². The third-order valence-electron chi connectivity index (χ3n) is 4.40. The van der Waals surface area contributed by atoms with Gasteiger partial charge in [-0.2, -0.15) is 5.26 Å². The summed E-state index contributed by atoms with van der Waals surface area (Å²) in [6, 6.07) is 8.93. The van der Waals surface area contributed by atoms with E-state index in [1.54, 1.807) is 31.3 Å². The van der Waals surface area contributed by atoms with Crippen LogP contribution in [-0.2, 0) is 11.9 Å². The summed E-state index contributed by atoms with van der Waals surface area (Å²) in [7, 11) is 1.58. The number of hydrogen-bond acceptors (Lipinski definition) is 8. The number of aromatic nitrogens is 2. The molecule has 3 heterocycles. The molecule has 0 aliphatic carbocycles. The molecule has 1 aliphatic rings. The fourth-order valence-electron chi connectivity index (χ4n) is 3.08. The Balaban J connectivity index is 1.90. The van der Waals surface area contributed by atoms with Gasteiger partial charge in [0.25, 0.3) is 5.56 Å². The Morgan fingerprint density at radius 2 is 2.18 bits per heavy atom. The predicted octanol–water partition coefficient (Wildman–Crippen LogP) is 2.25. The van der Waals surface area contributed by atoms with Crippen LogP contribution < -0.4 is 21.7 Å². The second-order valence-corrected chi connectivity index (χ2v) is 6.35. The third kappa shape index (κ3) is 2.81. The normalized spacial score (nSPS) is 13.1. The molecule has 1 aromatic carbocycles. The maximum Gasteiger partial charge on any atom is 0.364 e. The highest BCUT2D eigenvalue weighted by Crippen LogP contribution is 2.31. The second kappa shape index (κ2) is 6.84. The van der Waals surface area contributed by atoms with Crippen LogP contribution >= 0.6 is 11.6 Å². The molecule has 4 rings (SSSR count). The van der Waals surface area contributed by atoms with Gasteiger partial charge in [0.05, 0.1) is 23.6 Å². The first kappa shape index (κ1) is 17.8. The highest BCUT2D eigenvalue weighted by atomic mass is 35.5. The molecule has 0 fully saturated rings. The van der Waals surface area contributed by atoms with E-state index in [0.717, 1.165) is 0 Å². The maximum absolute atomic E-state index is 12.6. The molecule has 10 heteroatoms. The average Bonchev–Trinajstić information content (AvgIpc) is 2.88. The number of hydrogen-bond donors (Lipinski definition) is 3.